The van der Waals surface area contributed by atoms with Gasteiger partial charge in [-0.25, -0.2) is 4.98 Å². The van der Waals surface area contributed by atoms with Crippen LogP contribution >= 0.6 is 15.9 Å². The average Bonchev–Trinajstić information content (AvgIpc) is 2.84. The first-order valence-corrected chi connectivity index (χ1v) is 13.4. The summed E-state index contributed by atoms with van der Waals surface area (Å²) in [5.41, 5.74) is 8.58. The maximum Gasteiger partial charge on any atom is 0.271 e. The molecule has 5 nitrogen and oxygen atoms in total. The van der Waals surface area contributed by atoms with E-state index in [2.05, 4.69) is 56.8 Å². The minimum Gasteiger partial charge on any atom is -0.343 e. The second-order valence-corrected chi connectivity index (χ2v) is 9.34. The summed E-state index contributed by atoms with van der Waals surface area (Å²) in [5.74, 6) is -0.0562. The van der Waals surface area contributed by atoms with Crippen LogP contribution < -0.4 is 0 Å². The summed E-state index contributed by atoms with van der Waals surface area (Å²) in [5, 5.41) is 0. The predicted molar refractivity (Wildman–Crippen MR) is 154 cm³/mol. The number of hydrogen-bond donors (Lipinski definition) is 0. The van der Waals surface area contributed by atoms with Crippen molar-refractivity contribution in [1.29, 1.82) is 0 Å². The lowest BCUT2D eigenvalue weighted by Gasteiger charge is -2.28. The maximum atomic E-state index is 12.3. The van der Waals surface area contributed by atoms with Crippen LogP contribution in [0.4, 0.5) is 0 Å². The molecule has 0 saturated carbocycles. The first-order valence-electron chi connectivity index (χ1n) is 12.6. The van der Waals surface area contributed by atoms with E-state index in [0.29, 0.717) is 5.69 Å². The number of aromatic nitrogens is 2. The molecular formula is C29H43BrN4O. The zero-order chi connectivity index (χ0) is 26.7. The Morgan fingerprint density at radius 2 is 1.80 bits per heavy atom. The monoisotopic (exact) mass is 542 g/mol. The van der Waals surface area contributed by atoms with E-state index in [0.717, 1.165) is 53.0 Å². The lowest BCUT2D eigenvalue weighted by Crippen LogP contribution is -2.30. The molecule has 192 valence electrons. The number of halogens is 1. The Morgan fingerprint density at radius 1 is 1.14 bits per heavy atom. The van der Waals surface area contributed by atoms with Crippen LogP contribution in [0.25, 0.3) is 11.6 Å². The van der Waals surface area contributed by atoms with Crippen molar-refractivity contribution < 1.29 is 4.79 Å². The summed E-state index contributed by atoms with van der Waals surface area (Å²) in [7, 11) is 3.51. The van der Waals surface area contributed by atoms with Gasteiger partial charge < -0.3 is 4.90 Å². The van der Waals surface area contributed by atoms with Gasteiger partial charge in [-0.2, -0.15) is 0 Å². The van der Waals surface area contributed by atoms with E-state index in [4.69, 9.17) is 0 Å². The Kier molecular flexibility index (Phi) is 13.1. The van der Waals surface area contributed by atoms with Gasteiger partial charge in [-0.1, -0.05) is 61.4 Å². The van der Waals surface area contributed by atoms with Crippen molar-refractivity contribution in [3.63, 3.8) is 0 Å². The molecule has 1 amide bonds. The predicted octanol–water partition coefficient (Wildman–Crippen LogP) is 7.11. The van der Waals surface area contributed by atoms with Crippen LogP contribution in [0.5, 0.6) is 0 Å². The van der Waals surface area contributed by atoms with Gasteiger partial charge in [0.15, 0.2) is 0 Å². The quantitative estimate of drug-likeness (QED) is 0.403. The molecule has 0 radical (unpaired) electrons. The molecule has 0 bridgehead atoms. The molecule has 3 heterocycles. The van der Waals surface area contributed by atoms with Crippen molar-refractivity contribution >= 4 is 33.5 Å². The van der Waals surface area contributed by atoms with Gasteiger partial charge in [0.05, 0.1) is 0 Å². The van der Waals surface area contributed by atoms with Gasteiger partial charge in [-0.3, -0.25) is 14.7 Å². The summed E-state index contributed by atoms with van der Waals surface area (Å²) in [6, 6.07) is 3.90. The average molecular weight is 544 g/mol. The van der Waals surface area contributed by atoms with Gasteiger partial charge in [0, 0.05) is 66.9 Å². The molecule has 0 aromatic carbocycles. The molecule has 0 atom stereocenters. The van der Waals surface area contributed by atoms with Crippen molar-refractivity contribution in [3.05, 3.63) is 68.2 Å². The lowest BCUT2D eigenvalue weighted by molar-refractivity contribution is 0.0821. The molecule has 6 heteroatoms. The van der Waals surface area contributed by atoms with E-state index < -0.39 is 0 Å². The highest BCUT2D eigenvalue weighted by molar-refractivity contribution is 9.10. The van der Waals surface area contributed by atoms with Gasteiger partial charge in [0.2, 0.25) is 0 Å². The van der Waals surface area contributed by atoms with Gasteiger partial charge in [0.25, 0.3) is 5.91 Å². The molecule has 3 rings (SSSR count). The molecular weight excluding hydrogens is 500 g/mol. The van der Waals surface area contributed by atoms with Gasteiger partial charge in [-0.05, 0) is 57.4 Å². The maximum absolute atomic E-state index is 12.3. The van der Waals surface area contributed by atoms with E-state index in [9.17, 15) is 4.79 Å². The number of amides is 1. The highest BCUT2D eigenvalue weighted by Crippen LogP contribution is 2.29. The summed E-state index contributed by atoms with van der Waals surface area (Å²) < 4.78 is 1.08. The largest absolute Gasteiger partial charge is 0.343 e. The number of aryl methyl sites for hydroxylation is 3. The van der Waals surface area contributed by atoms with E-state index in [1.807, 2.05) is 59.9 Å². The van der Waals surface area contributed by atoms with Crippen molar-refractivity contribution in [2.24, 2.45) is 0 Å². The molecule has 0 saturated heterocycles. The van der Waals surface area contributed by atoms with Crippen LogP contribution in [0, 0.1) is 20.8 Å². The number of carbonyl (C=O) groups is 1. The first kappa shape index (κ1) is 30.7. The van der Waals surface area contributed by atoms with Crippen molar-refractivity contribution in [2.75, 3.05) is 33.7 Å². The second kappa shape index (κ2) is 14.9. The van der Waals surface area contributed by atoms with Crippen LogP contribution in [0.3, 0.4) is 0 Å². The number of rotatable bonds is 5. The summed E-state index contributed by atoms with van der Waals surface area (Å²) >= 11 is 3.63. The van der Waals surface area contributed by atoms with Crippen molar-refractivity contribution in [2.45, 2.75) is 61.8 Å². The topological polar surface area (TPSA) is 49.3 Å². The molecule has 2 aromatic rings. The zero-order valence-corrected chi connectivity index (χ0v) is 24.9. The molecule has 35 heavy (non-hydrogen) atoms. The fraction of sp³-hybridized carbons (Fsp3) is 0.483. The van der Waals surface area contributed by atoms with Crippen LogP contribution in [-0.4, -0.2) is 59.4 Å². The van der Waals surface area contributed by atoms with Crippen LogP contribution in [0.2, 0.25) is 0 Å². The van der Waals surface area contributed by atoms with Crippen LogP contribution in [0.1, 0.15) is 79.6 Å². The van der Waals surface area contributed by atoms with E-state index in [1.165, 1.54) is 16.7 Å². The standard InChI is InChI=1S/C25H31BrN4O.2C2H6/c1-16(13-21-18(3)27-10-7-22(21)26)15-30-11-8-20(9-12-30)24-17(2)14-23(28-19(24)4)25(31)29(5)6;2*1-2/h7-8,10,13-14H,9,11-12,15H2,1-6H3;2*1-2H3/b16-13+;;. The summed E-state index contributed by atoms with van der Waals surface area (Å²) in [6.45, 7) is 19.1. The van der Waals surface area contributed by atoms with Gasteiger partial charge >= 0.3 is 0 Å². The molecule has 0 unspecified atom stereocenters. The number of pyridine rings is 2. The van der Waals surface area contributed by atoms with E-state index >= 15 is 0 Å². The third-order valence-corrected chi connectivity index (χ3v) is 6.33. The number of nitrogens with zero attached hydrogens (tertiary/aromatic N) is 4. The fourth-order valence-corrected chi connectivity index (χ4v) is 4.62. The molecule has 1 aliphatic rings. The zero-order valence-electron chi connectivity index (χ0n) is 23.3. The smallest absolute Gasteiger partial charge is 0.271 e. The van der Waals surface area contributed by atoms with Crippen molar-refractivity contribution in [1.82, 2.24) is 19.8 Å². The van der Waals surface area contributed by atoms with E-state index in [-0.39, 0.29) is 5.91 Å². The van der Waals surface area contributed by atoms with Crippen LogP contribution in [0.15, 0.2) is 34.5 Å². The molecule has 0 fully saturated rings. The SMILES string of the molecule is C/C(=C\c1c(Br)ccnc1C)CN1CC=C(c2c(C)cc(C(=O)N(C)C)nc2C)CC1.CC.CC. The molecule has 0 spiro atoms. The first-order chi connectivity index (χ1) is 16.7. The Labute approximate surface area is 221 Å². The molecule has 0 N–H and O–H groups in total. The summed E-state index contributed by atoms with van der Waals surface area (Å²) in [4.78, 5) is 25.3. The minimum absolute atomic E-state index is 0.0562. The minimum atomic E-state index is -0.0562. The highest BCUT2D eigenvalue weighted by Gasteiger charge is 2.19. The molecule has 0 aliphatic carbocycles. The normalized spacial score (nSPS) is 13.7. The van der Waals surface area contributed by atoms with Gasteiger partial charge in [0.1, 0.15) is 5.69 Å². The molecule has 1 aliphatic heterocycles. The Morgan fingerprint density at radius 3 is 2.31 bits per heavy atom. The number of hydrogen-bond acceptors (Lipinski definition) is 4. The third-order valence-electron chi connectivity index (χ3n) is 5.64. The number of carbonyl (C=O) groups excluding carboxylic acids is 1. The lowest BCUT2D eigenvalue weighted by atomic mass is 9.93. The van der Waals surface area contributed by atoms with E-state index in [1.54, 1.807) is 19.0 Å². The van der Waals surface area contributed by atoms with Crippen molar-refractivity contribution in [3.8, 4) is 0 Å². The third kappa shape index (κ3) is 8.39. The summed E-state index contributed by atoms with van der Waals surface area (Å²) in [6.07, 6.45) is 7.34. The Bertz CT molecular complexity index is 1010. The Balaban J connectivity index is 0.00000145. The second-order valence-electron chi connectivity index (χ2n) is 8.48. The Hall–Kier alpha value is -2.31. The van der Waals surface area contributed by atoms with Gasteiger partial charge in [-0.15, -0.1) is 0 Å². The fourth-order valence-electron chi connectivity index (χ4n) is 4.10. The highest BCUT2D eigenvalue weighted by atomic mass is 79.9. The molecule has 2 aromatic heterocycles. The van der Waals surface area contributed by atoms with Crippen LogP contribution in [-0.2, 0) is 0 Å².